The fourth-order valence-corrected chi connectivity index (χ4v) is 0.295. The summed E-state index contributed by atoms with van der Waals surface area (Å²) in [4.78, 5) is 0. The highest BCUT2D eigenvalue weighted by Crippen LogP contribution is 1.83. The van der Waals surface area contributed by atoms with Gasteiger partial charge in [-0.1, -0.05) is 0 Å². The summed E-state index contributed by atoms with van der Waals surface area (Å²) >= 11 is 0. The van der Waals surface area contributed by atoms with Crippen molar-refractivity contribution in [1.29, 1.82) is 0 Å². The first-order chi connectivity index (χ1) is 3.27. The van der Waals surface area contributed by atoms with E-state index in [0.29, 0.717) is 13.2 Å². The van der Waals surface area contributed by atoms with Gasteiger partial charge >= 0.3 is 0 Å². The molecule has 0 aromatic rings. The summed E-state index contributed by atoms with van der Waals surface area (Å²) < 4.78 is 5.00. The zero-order chi connectivity index (χ0) is 5.70. The molecule has 1 radical (unpaired) electrons. The van der Waals surface area contributed by atoms with Gasteiger partial charge in [0.2, 0.25) is 0 Å². The second kappa shape index (κ2) is 4.09. The van der Waals surface area contributed by atoms with Crippen LogP contribution in [0.25, 0.3) is 0 Å². The van der Waals surface area contributed by atoms with Crippen LogP contribution in [0.5, 0.6) is 0 Å². The Labute approximate surface area is 44.7 Å². The molecule has 0 saturated carbocycles. The highest BCUT2D eigenvalue weighted by molar-refractivity contribution is 4.35. The highest BCUT2D eigenvalue weighted by atomic mass is 16.5. The van der Waals surface area contributed by atoms with Gasteiger partial charge in [-0.05, 0) is 13.8 Å². The number of hydrogen-bond acceptors (Lipinski definition) is 1. The van der Waals surface area contributed by atoms with Gasteiger partial charge in [0.15, 0.2) is 0 Å². The SMILES string of the molecule is CC(C)OCC[NH]. The molecular formula is C5H12NO. The van der Waals surface area contributed by atoms with Gasteiger partial charge in [-0.3, -0.25) is 5.73 Å². The Bertz CT molecular complexity index is 37.1. The van der Waals surface area contributed by atoms with Crippen LogP contribution in [0.15, 0.2) is 0 Å². The zero-order valence-corrected chi connectivity index (χ0v) is 4.90. The lowest BCUT2D eigenvalue weighted by molar-refractivity contribution is 0.0844. The van der Waals surface area contributed by atoms with Crippen LogP contribution in [0.2, 0.25) is 0 Å². The predicted octanol–water partition coefficient (Wildman–Crippen LogP) is 0.694. The van der Waals surface area contributed by atoms with Gasteiger partial charge in [-0.25, -0.2) is 0 Å². The second-order valence-corrected chi connectivity index (χ2v) is 1.67. The van der Waals surface area contributed by atoms with Crippen LogP contribution in [0.3, 0.4) is 0 Å². The number of ether oxygens (including phenoxy) is 1. The minimum atomic E-state index is 0.283. The molecular weight excluding hydrogens is 90.1 g/mol. The van der Waals surface area contributed by atoms with E-state index in [-0.39, 0.29) is 6.10 Å². The molecule has 0 aliphatic heterocycles. The summed E-state index contributed by atoms with van der Waals surface area (Å²) in [5.41, 5.74) is 6.67. The molecule has 0 aliphatic carbocycles. The first-order valence-electron chi connectivity index (χ1n) is 2.53. The topological polar surface area (TPSA) is 33.0 Å². The van der Waals surface area contributed by atoms with Crippen molar-refractivity contribution < 1.29 is 4.74 Å². The second-order valence-electron chi connectivity index (χ2n) is 1.67. The molecule has 2 nitrogen and oxygen atoms in total. The third-order valence-electron chi connectivity index (χ3n) is 0.553. The third kappa shape index (κ3) is 5.92. The smallest absolute Gasteiger partial charge is 0.0608 e. The van der Waals surface area contributed by atoms with E-state index in [1.165, 1.54) is 0 Å². The van der Waals surface area contributed by atoms with Crippen molar-refractivity contribution >= 4 is 0 Å². The molecule has 0 heterocycles. The minimum Gasteiger partial charge on any atom is -0.377 e. The quantitative estimate of drug-likeness (QED) is 0.516. The van der Waals surface area contributed by atoms with Gasteiger partial charge in [0.25, 0.3) is 0 Å². The van der Waals surface area contributed by atoms with Gasteiger partial charge in [0.1, 0.15) is 0 Å². The Morgan fingerprint density at radius 2 is 2.14 bits per heavy atom. The first kappa shape index (κ1) is 6.92. The molecule has 0 unspecified atom stereocenters. The molecule has 0 rings (SSSR count). The van der Waals surface area contributed by atoms with E-state index in [9.17, 15) is 0 Å². The van der Waals surface area contributed by atoms with Crippen molar-refractivity contribution in [1.82, 2.24) is 5.73 Å². The van der Waals surface area contributed by atoms with E-state index in [1.54, 1.807) is 0 Å². The summed E-state index contributed by atoms with van der Waals surface area (Å²) in [6.07, 6.45) is 0.283. The van der Waals surface area contributed by atoms with Gasteiger partial charge < -0.3 is 4.74 Å². The van der Waals surface area contributed by atoms with E-state index in [1.807, 2.05) is 13.8 Å². The number of rotatable bonds is 3. The molecule has 0 atom stereocenters. The Morgan fingerprint density at radius 3 is 2.29 bits per heavy atom. The maximum absolute atomic E-state index is 6.67. The summed E-state index contributed by atoms with van der Waals surface area (Å²) in [7, 11) is 0. The lowest BCUT2D eigenvalue weighted by Gasteiger charge is -2.02. The molecule has 1 N–H and O–H groups in total. The molecule has 0 aromatic heterocycles. The number of hydrogen-bond donors (Lipinski definition) is 0. The molecule has 0 aliphatic rings. The number of nitrogens with one attached hydrogen (secondary N) is 1. The summed E-state index contributed by atoms with van der Waals surface area (Å²) in [5, 5.41) is 0. The maximum Gasteiger partial charge on any atom is 0.0608 e. The zero-order valence-electron chi connectivity index (χ0n) is 4.90. The van der Waals surface area contributed by atoms with E-state index < -0.39 is 0 Å². The van der Waals surface area contributed by atoms with E-state index in [2.05, 4.69) is 0 Å². The normalized spacial score (nSPS) is 10.3. The van der Waals surface area contributed by atoms with Gasteiger partial charge in [0, 0.05) is 6.54 Å². The molecule has 0 spiro atoms. The van der Waals surface area contributed by atoms with E-state index in [4.69, 9.17) is 10.5 Å². The van der Waals surface area contributed by atoms with Crippen LogP contribution in [0.4, 0.5) is 0 Å². The standard InChI is InChI=1S/C5H12NO/c1-5(2)7-4-3-6/h5-6H,3-4H2,1-2H3. The average molecular weight is 102 g/mol. The largest absolute Gasteiger partial charge is 0.377 e. The van der Waals surface area contributed by atoms with Crippen LogP contribution in [0, 0.1) is 0 Å². The monoisotopic (exact) mass is 102 g/mol. The fraction of sp³-hybridized carbons (Fsp3) is 1.00. The van der Waals surface area contributed by atoms with Crippen LogP contribution in [-0.2, 0) is 4.74 Å². The summed E-state index contributed by atoms with van der Waals surface area (Å²) in [6, 6.07) is 0. The summed E-state index contributed by atoms with van der Waals surface area (Å²) in [5.74, 6) is 0. The highest BCUT2D eigenvalue weighted by Gasteiger charge is 1.87. The molecule has 0 amide bonds. The minimum absolute atomic E-state index is 0.283. The van der Waals surface area contributed by atoms with Crippen LogP contribution < -0.4 is 5.73 Å². The van der Waals surface area contributed by atoms with Gasteiger partial charge in [0.05, 0.1) is 12.7 Å². The predicted molar refractivity (Wildman–Crippen MR) is 29.1 cm³/mol. The Kier molecular flexibility index (Phi) is 4.04. The average Bonchev–Trinajstić information content (AvgIpc) is 1.61. The lowest BCUT2D eigenvalue weighted by Crippen LogP contribution is -2.07. The third-order valence-corrected chi connectivity index (χ3v) is 0.553. The van der Waals surface area contributed by atoms with Gasteiger partial charge in [-0.2, -0.15) is 0 Å². The van der Waals surface area contributed by atoms with Crippen LogP contribution >= 0.6 is 0 Å². The van der Waals surface area contributed by atoms with Crippen molar-refractivity contribution in [2.24, 2.45) is 0 Å². The lowest BCUT2D eigenvalue weighted by atomic mass is 10.5. The molecule has 43 valence electrons. The maximum atomic E-state index is 6.67. The Morgan fingerprint density at radius 1 is 1.57 bits per heavy atom. The molecule has 0 aromatic carbocycles. The van der Waals surface area contributed by atoms with Crippen molar-refractivity contribution in [3.05, 3.63) is 0 Å². The van der Waals surface area contributed by atoms with Crippen molar-refractivity contribution in [2.45, 2.75) is 20.0 Å². The van der Waals surface area contributed by atoms with Crippen molar-refractivity contribution in [3.63, 3.8) is 0 Å². The van der Waals surface area contributed by atoms with Crippen LogP contribution in [0.1, 0.15) is 13.8 Å². The summed E-state index contributed by atoms with van der Waals surface area (Å²) in [6.45, 7) is 4.88. The molecule has 0 fully saturated rings. The van der Waals surface area contributed by atoms with Crippen molar-refractivity contribution in [3.8, 4) is 0 Å². The first-order valence-corrected chi connectivity index (χ1v) is 2.53. The van der Waals surface area contributed by atoms with E-state index >= 15 is 0 Å². The van der Waals surface area contributed by atoms with Gasteiger partial charge in [-0.15, -0.1) is 0 Å². The molecule has 7 heavy (non-hydrogen) atoms. The fourth-order valence-electron chi connectivity index (χ4n) is 0.295. The van der Waals surface area contributed by atoms with Crippen LogP contribution in [-0.4, -0.2) is 19.3 Å². The van der Waals surface area contributed by atoms with Crippen molar-refractivity contribution in [2.75, 3.05) is 13.2 Å². The molecule has 2 heteroatoms. The Hall–Kier alpha value is -0.0800. The van der Waals surface area contributed by atoms with E-state index in [0.717, 1.165) is 0 Å². The molecule has 0 saturated heterocycles. The Balaban J connectivity index is 2.68. The molecule has 0 bridgehead atoms.